The highest BCUT2D eigenvalue weighted by Crippen LogP contribution is 2.22. The molecule has 0 fully saturated rings. The van der Waals surface area contributed by atoms with Crippen molar-refractivity contribution in [3.8, 4) is 11.4 Å². The summed E-state index contributed by atoms with van der Waals surface area (Å²) < 4.78 is 6.99. The summed E-state index contributed by atoms with van der Waals surface area (Å²) in [5, 5.41) is 1.10. The summed E-state index contributed by atoms with van der Waals surface area (Å²) in [6, 6.07) is 16.1. The fraction of sp³-hybridized carbons (Fsp3) is 0.174. The van der Waals surface area contributed by atoms with Crippen LogP contribution in [0, 0.1) is 6.92 Å². The normalized spacial score (nSPS) is 10.9. The lowest BCUT2D eigenvalue weighted by Gasteiger charge is -2.07. The van der Waals surface area contributed by atoms with E-state index >= 15 is 0 Å². The maximum Gasteiger partial charge on any atom is 0.337 e. The van der Waals surface area contributed by atoms with Crippen molar-refractivity contribution in [2.75, 3.05) is 7.11 Å². The van der Waals surface area contributed by atoms with Crippen LogP contribution in [0.2, 0.25) is 0 Å². The molecule has 140 valence electrons. The molecule has 0 aliphatic heterocycles. The minimum Gasteiger partial charge on any atom is -0.465 e. The standard InChI is InChI=1S/C23H21N3O2/c1-16-3-5-17(6-4-16)8-11-26-12-9-18-13-21(25-15-22(18)26)20-14-19(7-10-24-20)23(27)28-2/h3-7,9-10,12-15H,8,11H2,1-2H3. The zero-order valence-corrected chi connectivity index (χ0v) is 15.9. The number of aryl methyl sites for hydroxylation is 3. The largest absolute Gasteiger partial charge is 0.465 e. The van der Waals surface area contributed by atoms with Gasteiger partial charge in [-0.25, -0.2) is 4.79 Å². The van der Waals surface area contributed by atoms with Crippen molar-refractivity contribution in [2.45, 2.75) is 19.9 Å². The van der Waals surface area contributed by atoms with E-state index in [-0.39, 0.29) is 5.97 Å². The maximum absolute atomic E-state index is 11.7. The topological polar surface area (TPSA) is 57.0 Å². The predicted molar refractivity (Wildman–Crippen MR) is 109 cm³/mol. The van der Waals surface area contributed by atoms with E-state index in [1.807, 2.05) is 12.3 Å². The number of nitrogens with zero attached hydrogens (tertiary/aromatic N) is 3. The summed E-state index contributed by atoms with van der Waals surface area (Å²) in [5.41, 5.74) is 5.52. The number of aromatic nitrogens is 3. The first kappa shape index (κ1) is 17.9. The van der Waals surface area contributed by atoms with Crippen LogP contribution in [0.5, 0.6) is 0 Å². The van der Waals surface area contributed by atoms with Gasteiger partial charge in [0.25, 0.3) is 0 Å². The van der Waals surface area contributed by atoms with Gasteiger partial charge in [0.1, 0.15) is 0 Å². The van der Waals surface area contributed by atoms with Gasteiger partial charge in [0, 0.05) is 24.3 Å². The Kier molecular flexibility index (Phi) is 4.89. The van der Waals surface area contributed by atoms with Crippen LogP contribution in [-0.4, -0.2) is 27.6 Å². The second-order valence-corrected chi connectivity index (χ2v) is 6.79. The lowest BCUT2D eigenvalue weighted by molar-refractivity contribution is 0.0600. The number of methoxy groups -OCH3 is 1. The molecular weight excluding hydrogens is 350 g/mol. The molecule has 3 heterocycles. The fourth-order valence-electron chi connectivity index (χ4n) is 3.24. The van der Waals surface area contributed by atoms with Crippen LogP contribution >= 0.6 is 0 Å². The van der Waals surface area contributed by atoms with Crippen molar-refractivity contribution < 1.29 is 9.53 Å². The van der Waals surface area contributed by atoms with Crippen molar-refractivity contribution in [2.24, 2.45) is 0 Å². The van der Waals surface area contributed by atoms with Gasteiger partial charge in [-0.1, -0.05) is 29.8 Å². The molecule has 0 amide bonds. The molecule has 3 aromatic heterocycles. The number of esters is 1. The molecule has 0 N–H and O–H groups in total. The summed E-state index contributed by atoms with van der Waals surface area (Å²) in [6.45, 7) is 2.99. The third-order valence-electron chi connectivity index (χ3n) is 4.86. The molecule has 0 unspecified atom stereocenters. The van der Waals surface area contributed by atoms with Gasteiger partial charge in [0.05, 0.1) is 35.8 Å². The molecule has 4 rings (SSSR count). The maximum atomic E-state index is 11.7. The van der Waals surface area contributed by atoms with Gasteiger partial charge in [-0.3, -0.25) is 9.97 Å². The average Bonchev–Trinajstić information content (AvgIpc) is 3.15. The lowest BCUT2D eigenvalue weighted by atomic mass is 10.1. The predicted octanol–water partition coefficient (Wildman–Crippen LogP) is 4.44. The van der Waals surface area contributed by atoms with Crippen LogP contribution in [0.3, 0.4) is 0 Å². The Labute approximate surface area is 163 Å². The lowest BCUT2D eigenvalue weighted by Crippen LogP contribution is -2.02. The minimum absolute atomic E-state index is 0.382. The number of carbonyl (C=O) groups is 1. The van der Waals surface area contributed by atoms with Gasteiger partial charge in [-0.15, -0.1) is 0 Å². The zero-order valence-electron chi connectivity index (χ0n) is 15.9. The van der Waals surface area contributed by atoms with Crippen molar-refractivity contribution in [3.63, 3.8) is 0 Å². The number of hydrogen-bond acceptors (Lipinski definition) is 4. The molecule has 5 nitrogen and oxygen atoms in total. The third kappa shape index (κ3) is 3.64. The van der Waals surface area contributed by atoms with Crippen LogP contribution in [-0.2, 0) is 17.7 Å². The van der Waals surface area contributed by atoms with E-state index in [0.717, 1.165) is 29.6 Å². The van der Waals surface area contributed by atoms with Crippen LogP contribution in [0.1, 0.15) is 21.5 Å². The summed E-state index contributed by atoms with van der Waals surface area (Å²) in [6.07, 6.45) is 6.52. The van der Waals surface area contributed by atoms with Gasteiger partial charge in [-0.2, -0.15) is 0 Å². The number of benzene rings is 1. The fourth-order valence-corrected chi connectivity index (χ4v) is 3.24. The molecule has 0 bridgehead atoms. The first-order valence-corrected chi connectivity index (χ1v) is 9.19. The molecule has 4 aromatic rings. The second-order valence-electron chi connectivity index (χ2n) is 6.79. The van der Waals surface area contributed by atoms with E-state index in [9.17, 15) is 4.79 Å². The Morgan fingerprint density at radius 2 is 1.82 bits per heavy atom. The molecule has 0 radical (unpaired) electrons. The smallest absolute Gasteiger partial charge is 0.337 e. The molecular formula is C23H21N3O2. The second kappa shape index (κ2) is 7.64. The van der Waals surface area contributed by atoms with Gasteiger partial charge < -0.3 is 9.30 Å². The number of pyridine rings is 2. The van der Waals surface area contributed by atoms with Gasteiger partial charge in [0.2, 0.25) is 0 Å². The van der Waals surface area contributed by atoms with Crippen molar-refractivity contribution in [1.82, 2.24) is 14.5 Å². The monoisotopic (exact) mass is 371 g/mol. The number of fused-ring (bicyclic) bond motifs is 1. The average molecular weight is 371 g/mol. The molecule has 0 spiro atoms. The van der Waals surface area contributed by atoms with Crippen molar-refractivity contribution in [1.29, 1.82) is 0 Å². The summed E-state index contributed by atoms with van der Waals surface area (Å²) in [4.78, 5) is 20.7. The molecule has 1 aromatic carbocycles. The number of rotatable bonds is 5. The van der Waals surface area contributed by atoms with Crippen molar-refractivity contribution >= 4 is 16.9 Å². The van der Waals surface area contributed by atoms with Crippen molar-refractivity contribution in [3.05, 3.63) is 83.8 Å². The molecule has 5 heteroatoms. The Morgan fingerprint density at radius 3 is 2.61 bits per heavy atom. The van der Waals surface area contributed by atoms with Crippen LogP contribution < -0.4 is 0 Å². The highest BCUT2D eigenvalue weighted by molar-refractivity contribution is 5.90. The number of hydrogen-bond donors (Lipinski definition) is 0. The van der Waals surface area contributed by atoms with E-state index in [2.05, 4.69) is 58.0 Å². The van der Waals surface area contributed by atoms with Gasteiger partial charge in [-0.05, 0) is 43.2 Å². The summed E-state index contributed by atoms with van der Waals surface area (Å²) in [5.74, 6) is -0.382. The summed E-state index contributed by atoms with van der Waals surface area (Å²) >= 11 is 0. The first-order chi connectivity index (χ1) is 13.6. The summed E-state index contributed by atoms with van der Waals surface area (Å²) in [7, 11) is 1.37. The van der Waals surface area contributed by atoms with E-state index in [1.165, 1.54) is 18.2 Å². The van der Waals surface area contributed by atoms with E-state index in [1.54, 1.807) is 18.3 Å². The Balaban J connectivity index is 1.57. The van der Waals surface area contributed by atoms with Gasteiger partial charge >= 0.3 is 5.97 Å². The Bertz CT molecular complexity index is 1130. The SMILES string of the molecule is COC(=O)c1ccnc(-c2cc3ccn(CCc4ccc(C)cc4)c3cn2)c1. The van der Waals surface area contributed by atoms with Gasteiger partial charge in [0.15, 0.2) is 0 Å². The van der Waals surface area contributed by atoms with E-state index in [0.29, 0.717) is 11.3 Å². The Hall–Kier alpha value is -3.47. The highest BCUT2D eigenvalue weighted by atomic mass is 16.5. The highest BCUT2D eigenvalue weighted by Gasteiger charge is 2.10. The molecule has 0 aliphatic rings. The molecule has 28 heavy (non-hydrogen) atoms. The number of carbonyl (C=O) groups excluding carboxylic acids is 1. The van der Waals surface area contributed by atoms with Crippen LogP contribution in [0.4, 0.5) is 0 Å². The van der Waals surface area contributed by atoms with Crippen LogP contribution in [0.25, 0.3) is 22.3 Å². The zero-order chi connectivity index (χ0) is 19.5. The third-order valence-corrected chi connectivity index (χ3v) is 4.86. The molecule has 0 saturated heterocycles. The van der Waals surface area contributed by atoms with E-state index in [4.69, 9.17) is 4.74 Å². The number of ether oxygens (including phenoxy) is 1. The molecule has 0 aliphatic carbocycles. The molecule has 0 saturated carbocycles. The first-order valence-electron chi connectivity index (χ1n) is 9.19. The van der Waals surface area contributed by atoms with Crippen LogP contribution in [0.15, 0.2) is 67.1 Å². The quantitative estimate of drug-likeness (QED) is 0.487. The molecule has 0 atom stereocenters. The van der Waals surface area contributed by atoms with E-state index < -0.39 is 0 Å². The minimum atomic E-state index is -0.382. The Morgan fingerprint density at radius 1 is 1.04 bits per heavy atom.